The molecular formula is C13H19NO2. The van der Waals surface area contributed by atoms with Gasteiger partial charge in [0.15, 0.2) is 11.5 Å². The Morgan fingerprint density at radius 3 is 2.25 bits per heavy atom. The van der Waals surface area contributed by atoms with Gasteiger partial charge < -0.3 is 15.2 Å². The Morgan fingerprint density at radius 2 is 1.75 bits per heavy atom. The number of aryl methyl sites for hydroxylation is 1. The lowest BCUT2D eigenvalue weighted by Gasteiger charge is -2.26. The molecular weight excluding hydrogens is 202 g/mol. The Balaban J connectivity index is 2.52. The van der Waals surface area contributed by atoms with Gasteiger partial charge in [0, 0.05) is 5.54 Å². The summed E-state index contributed by atoms with van der Waals surface area (Å²) < 4.78 is 11.1. The largest absolute Gasteiger partial charge is 0.486 e. The van der Waals surface area contributed by atoms with Crippen LogP contribution in [0.3, 0.4) is 0 Å². The normalized spacial score (nSPS) is 15.0. The van der Waals surface area contributed by atoms with Crippen LogP contribution in [0.15, 0.2) is 12.1 Å². The van der Waals surface area contributed by atoms with Gasteiger partial charge in [0.05, 0.1) is 0 Å². The second-order valence-corrected chi connectivity index (χ2v) is 4.73. The molecule has 1 heterocycles. The predicted molar refractivity (Wildman–Crippen MR) is 64.0 cm³/mol. The van der Waals surface area contributed by atoms with E-state index in [4.69, 9.17) is 15.2 Å². The molecule has 88 valence electrons. The number of hydrogen-bond acceptors (Lipinski definition) is 3. The Kier molecular flexibility index (Phi) is 2.80. The summed E-state index contributed by atoms with van der Waals surface area (Å²) in [6.07, 6.45) is 0.951. The molecule has 2 N–H and O–H groups in total. The van der Waals surface area contributed by atoms with Crippen LogP contribution in [0, 0.1) is 0 Å². The summed E-state index contributed by atoms with van der Waals surface area (Å²) in [6, 6.07) is 4.08. The number of nitrogens with two attached hydrogens (primary N) is 1. The highest BCUT2D eigenvalue weighted by Crippen LogP contribution is 2.36. The van der Waals surface area contributed by atoms with E-state index in [2.05, 4.69) is 13.0 Å². The molecule has 0 bridgehead atoms. The molecule has 0 unspecified atom stereocenters. The first kappa shape index (κ1) is 11.3. The van der Waals surface area contributed by atoms with Crippen LogP contribution in [0.2, 0.25) is 0 Å². The number of benzene rings is 1. The third kappa shape index (κ3) is 2.00. The van der Waals surface area contributed by atoms with Crippen molar-refractivity contribution in [3.8, 4) is 11.5 Å². The standard InChI is InChI=1S/C13H19NO2/c1-4-9-7-11-12(16-6-5-15-11)8-10(9)13(2,3)14/h7-8H,4-6,14H2,1-3H3. The first-order valence-electron chi connectivity index (χ1n) is 5.74. The van der Waals surface area contributed by atoms with E-state index in [-0.39, 0.29) is 5.54 Å². The number of fused-ring (bicyclic) bond motifs is 1. The van der Waals surface area contributed by atoms with Gasteiger partial charge >= 0.3 is 0 Å². The quantitative estimate of drug-likeness (QED) is 0.832. The van der Waals surface area contributed by atoms with E-state index in [1.165, 1.54) is 5.56 Å². The fourth-order valence-corrected chi connectivity index (χ4v) is 2.02. The van der Waals surface area contributed by atoms with Crippen LogP contribution in [0.25, 0.3) is 0 Å². The Labute approximate surface area is 96.5 Å². The SMILES string of the molecule is CCc1cc2c(cc1C(C)(C)N)OCCO2. The van der Waals surface area contributed by atoms with Crippen LogP contribution >= 0.6 is 0 Å². The van der Waals surface area contributed by atoms with Gasteiger partial charge in [-0.1, -0.05) is 6.92 Å². The number of ether oxygens (including phenoxy) is 2. The van der Waals surface area contributed by atoms with Crippen molar-refractivity contribution >= 4 is 0 Å². The number of hydrogen-bond donors (Lipinski definition) is 1. The molecule has 2 rings (SSSR count). The van der Waals surface area contributed by atoms with Gasteiger partial charge in [0.1, 0.15) is 13.2 Å². The van der Waals surface area contributed by atoms with Crippen molar-refractivity contribution < 1.29 is 9.47 Å². The molecule has 0 saturated carbocycles. The summed E-state index contributed by atoms with van der Waals surface area (Å²) in [5, 5.41) is 0. The zero-order valence-electron chi connectivity index (χ0n) is 10.2. The highest BCUT2D eigenvalue weighted by atomic mass is 16.6. The maximum Gasteiger partial charge on any atom is 0.161 e. The molecule has 1 aliphatic heterocycles. The molecule has 0 atom stereocenters. The van der Waals surface area contributed by atoms with Crippen molar-refractivity contribution in [2.75, 3.05) is 13.2 Å². The lowest BCUT2D eigenvalue weighted by atomic mass is 9.89. The van der Waals surface area contributed by atoms with E-state index in [0.717, 1.165) is 23.5 Å². The van der Waals surface area contributed by atoms with Gasteiger partial charge in [0.25, 0.3) is 0 Å². The Morgan fingerprint density at radius 1 is 1.19 bits per heavy atom. The van der Waals surface area contributed by atoms with Gasteiger partial charge in [-0.15, -0.1) is 0 Å². The van der Waals surface area contributed by atoms with E-state index in [1.54, 1.807) is 0 Å². The first-order valence-corrected chi connectivity index (χ1v) is 5.74. The van der Waals surface area contributed by atoms with Gasteiger partial charge in [0.2, 0.25) is 0 Å². The van der Waals surface area contributed by atoms with Crippen LogP contribution in [0.4, 0.5) is 0 Å². The molecule has 1 aromatic rings. The summed E-state index contributed by atoms with van der Waals surface area (Å²) >= 11 is 0. The topological polar surface area (TPSA) is 44.5 Å². The van der Waals surface area contributed by atoms with Crippen molar-refractivity contribution in [1.29, 1.82) is 0 Å². The average Bonchev–Trinajstić information content (AvgIpc) is 2.26. The molecule has 16 heavy (non-hydrogen) atoms. The fourth-order valence-electron chi connectivity index (χ4n) is 2.02. The van der Waals surface area contributed by atoms with Crippen LogP contribution in [-0.4, -0.2) is 13.2 Å². The molecule has 1 aliphatic rings. The smallest absolute Gasteiger partial charge is 0.161 e. The van der Waals surface area contributed by atoms with Crippen molar-refractivity contribution in [3.63, 3.8) is 0 Å². The van der Waals surface area contributed by atoms with E-state index >= 15 is 0 Å². The highest BCUT2D eigenvalue weighted by molar-refractivity contribution is 5.50. The summed E-state index contributed by atoms with van der Waals surface area (Å²) in [6.45, 7) is 7.39. The van der Waals surface area contributed by atoms with Crippen molar-refractivity contribution in [1.82, 2.24) is 0 Å². The van der Waals surface area contributed by atoms with Crippen molar-refractivity contribution in [2.45, 2.75) is 32.7 Å². The molecule has 0 amide bonds. The minimum absolute atomic E-state index is 0.346. The third-order valence-corrected chi connectivity index (χ3v) is 2.84. The van der Waals surface area contributed by atoms with Crippen molar-refractivity contribution in [2.24, 2.45) is 5.73 Å². The molecule has 0 aromatic heterocycles. The summed E-state index contributed by atoms with van der Waals surface area (Å²) in [4.78, 5) is 0. The molecule has 3 nitrogen and oxygen atoms in total. The molecule has 0 aliphatic carbocycles. The van der Waals surface area contributed by atoms with E-state index in [1.807, 2.05) is 19.9 Å². The van der Waals surface area contributed by atoms with Gasteiger partial charge in [-0.2, -0.15) is 0 Å². The monoisotopic (exact) mass is 221 g/mol. The van der Waals surface area contributed by atoms with Gasteiger partial charge in [-0.05, 0) is 43.5 Å². The van der Waals surface area contributed by atoms with Crippen LogP contribution in [0.5, 0.6) is 11.5 Å². The number of rotatable bonds is 2. The van der Waals surface area contributed by atoms with Crippen LogP contribution in [-0.2, 0) is 12.0 Å². The average molecular weight is 221 g/mol. The van der Waals surface area contributed by atoms with Crippen molar-refractivity contribution in [3.05, 3.63) is 23.3 Å². The van der Waals surface area contributed by atoms with E-state index < -0.39 is 0 Å². The summed E-state index contributed by atoms with van der Waals surface area (Å²) in [5.41, 5.74) is 8.20. The maximum atomic E-state index is 6.17. The first-order chi connectivity index (χ1) is 7.52. The summed E-state index contributed by atoms with van der Waals surface area (Å²) in [7, 11) is 0. The predicted octanol–water partition coefficient (Wildman–Crippen LogP) is 2.21. The summed E-state index contributed by atoms with van der Waals surface area (Å²) in [5.74, 6) is 1.66. The Hall–Kier alpha value is -1.22. The molecule has 0 fully saturated rings. The highest BCUT2D eigenvalue weighted by Gasteiger charge is 2.22. The van der Waals surface area contributed by atoms with E-state index in [0.29, 0.717) is 13.2 Å². The zero-order chi connectivity index (χ0) is 11.8. The van der Waals surface area contributed by atoms with Gasteiger partial charge in [-0.3, -0.25) is 0 Å². The van der Waals surface area contributed by atoms with Crippen LogP contribution in [0.1, 0.15) is 31.9 Å². The lowest BCUT2D eigenvalue weighted by molar-refractivity contribution is 0.171. The van der Waals surface area contributed by atoms with Crippen LogP contribution < -0.4 is 15.2 Å². The van der Waals surface area contributed by atoms with E-state index in [9.17, 15) is 0 Å². The molecule has 0 radical (unpaired) electrons. The fraction of sp³-hybridized carbons (Fsp3) is 0.538. The molecule has 0 saturated heterocycles. The minimum atomic E-state index is -0.346. The minimum Gasteiger partial charge on any atom is -0.486 e. The molecule has 1 aromatic carbocycles. The van der Waals surface area contributed by atoms with Gasteiger partial charge in [-0.25, -0.2) is 0 Å². The lowest BCUT2D eigenvalue weighted by Crippen LogP contribution is -2.30. The third-order valence-electron chi connectivity index (χ3n) is 2.84. The Bertz CT molecular complexity index is 394. The molecule has 3 heteroatoms. The molecule has 0 spiro atoms. The second kappa shape index (κ2) is 3.98. The second-order valence-electron chi connectivity index (χ2n) is 4.73. The maximum absolute atomic E-state index is 6.17. The zero-order valence-corrected chi connectivity index (χ0v) is 10.2.